The van der Waals surface area contributed by atoms with Crippen LogP contribution in [0.3, 0.4) is 0 Å². The van der Waals surface area contributed by atoms with Gasteiger partial charge in [-0.25, -0.2) is 0 Å². The summed E-state index contributed by atoms with van der Waals surface area (Å²) in [5.74, 6) is 1.21. The van der Waals surface area contributed by atoms with E-state index in [2.05, 4.69) is 10.6 Å². The van der Waals surface area contributed by atoms with E-state index >= 15 is 0 Å². The SMILES string of the molecule is C[C@H](NC(=O)[C@@H]1CCC(=O)N1)c1ccccc1Oc1ccccc1. The molecule has 5 nitrogen and oxygen atoms in total. The van der Waals surface area contributed by atoms with E-state index in [1.165, 1.54) is 0 Å². The Labute approximate surface area is 141 Å². The van der Waals surface area contributed by atoms with Crippen LogP contribution in [0.1, 0.15) is 31.4 Å². The van der Waals surface area contributed by atoms with E-state index in [-0.39, 0.29) is 17.9 Å². The maximum absolute atomic E-state index is 12.3. The molecule has 1 heterocycles. The highest BCUT2D eigenvalue weighted by Crippen LogP contribution is 2.29. The fourth-order valence-corrected chi connectivity index (χ4v) is 2.75. The summed E-state index contributed by atoms with van der Waals surface area (Å²) in [6.45, 7) is 1.90. The summed E-state index contributed by atoms with van der Waals surface area (Å²) in [6, 6.07) is 16.5. The van der Waals surface area contributed by atoms with Crippen LogP contribution in [-0.2, 0) is 9.59 Å². The van der Waals surface area contributed by atoms with Gasteiger partial charge in [-0.15, -0.1) is 0 Å². The third kappa shape index (κ3) is 3.74. The molecule has 0 bridgehead atoms. The summed E-state index contributed by atoms with van der Waals surface area (Å²) in [4.78, 5) is 23.5. The summed E-state index contributed by atoms with van der Waals surface area (Å²) in [6.07, 6.45) is 0.944. The van der Waals surface area contributed by atoms with E-state index < -0.39 is 6.04 Å². The van der Waals surface area contributed by atoms with Crippen molar-refractivity contribution in [2.24, 2.45) is 0 Å². The van der Waals surface area contributed by atoms with Crippen molar-refractivity contribution in [3.8, 4) is 11.5 Å². The molecule has 3 rings (SSSR count). The van der Waals surface area contributed by atoms with Crippen molar-refractivity contribution in [2.45, 2.75) is 31.8 Å². The molecule has 1 aliphatic rings. The van der Waals surface area contributed by atoms with Crippen LogP contribution in [0.15, 0.2) is 54.6 Å². The van der Waals surface area contributed by atoms with Crippen molar-refractivity contribution < 1.29 is 14.3 Å². The summed E-state index contributed by atoms with van der Waals surface area (Å²) in [5.41, 5.74) is 0.888. The van der Waals surface area contributed by atoms with Crippen molar-refractivity contribution in [1.29, 1.82) is 0 Å². The van der Waals surface area contributed by atoms with Gasteiger partial charge in [-0.2, -0.15) is 0 Å². The Morgan fingerprint density at radius 2 is 1.88 bits per heavy atom. The molecular weight excluding hydrogens is 304 g/mol. The zero-order valence-electron chi connectivity index (χ0n) is 13.5. The highest BCUT2D eigenvalue weighted by atomic mass is 16.5. The lowest BCUT2D eigenvalue weighted by atomic mass is 10.1. The molecule has 1 saturated heterocycles. The molecule has 2 aromatic carbocycles. The van der Waals surface area contributed by atoms with Gasteiger partial charge < -0.3 is 15.4 Å². The van der Waals surface area contributed by atoms with Crippen LogP contribution in [0.4, 0.5) is 0 Å². The number of rotatable bonds is 5. The highest BCUT2D eigenvalue weighted by molar-refractivity contribution is 5.90. The van der Waals surface area contributed by atoms with Gasteiger partial charge in [0, 0.05) is 12.0 Å². The Morgan fingerprint density at radius 3 is 2.58 bits per heavy atom. The van der Waals surface area contributed by atoms with E-state index in [9.17, 15) is 9.59 Å². The Kier molecular flexibility index (Phi) is 4.79. The minimum absolute atomic E-state index is 0.0735. The number of hydrogen-bond acceptors (Lipinski definition) is 3. The van der Waals surface area contributed by atoms with Crippen LogP contribution in [0.5, 0.6) is 11.5 Å². The number of carbonyl (C=O) groups is 2. The average molecular weight is 324 g/mol. The molecule has 0 spiro atoms. The molecule has 1 fully saturated rings. The largest absolute Gasteiger partial charge is 0.457 e. The number of para-hydroxylation sites is 2. The summed E-state index contributed by atoms with van der Waals surface area (Å²) in [5, 5.41) is 5.63. The second kappa shape index (κ2) is 7.17. The number of nitrogens with one attached hydrogen (secondary N) is 2. The molecule has 0 aromatic heterocycles. The molecule has 0 aliphatic carbocycles. The lowest BCUT2D eigenvalue weighted by Gasteiger charge is -2.20. The normalized spacial score (nSPS) is 17.9. The van der Waals surface area contributed by atoms with E-state index in [0.29, 0.717) is 18.6 Å². The third-order valence-corrected chi connectivity index (χ3v) is 4.03. The number of hydrogen-bond donors (Lipinski definition) is 2. The molecule has 2 amide bonds. The molecule has 0 unspecified atom stereocenters. The molecule has 0 saturated carbocycles. The number of benzene rings is 2. The minimum atomic E-state index is -0.442. The summed E-state index contributed by atoms with van der Waals surface area (Å²) < 4.78 is 5.93. The Balaban J connectivity index is 1.71. The lowest BCUT2D eigenvalue weighted by Crippen LogP contribution is -2.42. The quantitative estimate of drug-likeness (QED) is 0.888. The second-order valence-electron chi connectivity index (χ2n) is 5.84. The van der Waals surface area contributed by atoms with Gasteiger partial charge in [0.2, 0.25) is 11.8 Å². The van der Waals surface area contributed by atoms with Crippen molar-refractivity contribution in [1.82, 2.24) is 10.6 Å². The van der Waals surface area contributed by atoms with Gasteiger partial charge in [0.05, 0.1) is 6.04 Å². The minimum Gasteiger partial charge on any atom is -0.457 e. The molecule has 2 N–H and O–H groups in total. The van der Waals surface area contributed by atoms with Gasteiger partial charge in [0.25, 0.3) is 0 Å². The van der Waals surface area contributed by atoms with Crippen molar-refractivity contribution in [3.63, 3.8) is 0 Å². The van der Waals surface area contributed by atoms with E-state index in [0.717, 1.165) is 11.3 Å². The Bertz CT molecular complexity index is 730. The fraction of sp³-hybridized carbons (Fsp3) is 0.263. The van der Waals surface area contributed by atoms with Crippen LogP contribution in [0, 0.1) is 0 Å². The van der Waals surface area contributed by atoms with Crippen molar-refractivity contribution >= 4 is 11.8 Å². The summed E-state index contributed by atoms with van der Waals surface area (Å²) >= 11 is 0. The van der Waals surface area contributed by atoms with Crippen LogP contribution < -0.4 is 15.4 Å². The zero-order chi connectivity index (χ0) is 16.9. The average Bonchev–Trinajstić information content (AvgIpc) is 3.03. The van der Waals surface area contributed by atoms with Crippen LogP contribution in [0.2, 0.25) is 0 Å². The molecule has 124 valence electrons. The van der Waals surface area contributed by atoms with Crippen LogP contribution in [0.25, 0.3) is 0 Å². The highest BCUT2D eigenvalue weighted by Gasteiger charge is 2.28. The van der Waals surface area contributed by atoms with E-state index in [4.69, 9.17) is 4.74 Å². The van der Waals surface area contributed by atoms with E-state index in [1.54, 1.807) is 0 Å². The Morgan fingerprint density at radius 1 is 1.17 bits per heavy atom. The predicted molar refractivity (Wildman–Crippen MR) is 90.7 cm³/mol. The Hall–Kier alpha value is -2.82. The molecule has 1 aliphatic heterocycles. The molecule has 0 radical (unpaired) electrons. The number of ether oxygens (including phenoxy) is 1. The smallest absolute Gasteiger partial charge is 0.243 e. The first-order valence-corrected chi connectivity index (χ1v) is 8.05. The van der Waals surface area contributed by atoms with Gasteiger partial charge in [-0.05, 0) is 31.5 Å². The van der Waals surface area contributed by atoms with E-state index in [1.807, 2.05) is 61.5 Å². The van der Waals surface area contributed by atoms with Crippen LogP contribution >= 0.6 is 0 Å². The topological polar surface area (TPSA) is 67.4 Å². The lowest BCUT2D eigenvalue weighted by molar-refractivity contribution is -0.126. The molecular formula is C19H20N2O3. The van der Waals surface area contributed by atoms with Gasteiger partial charge in [0.1, 0.15) is 17.5 Å². The predicted octanol–water partition coefficient (Wildman–Crippen LogP) is 2.93. The maximum Gasteiger partial charge on any atom is 0.243 e. The molecule has 2 atom stereocenters. The van der Waals surface area contributed by atoms with Gasteiger partial charge in [-0.1, -0.05) is 36.4 Å². The van der Waals surface area contributed by atoms with Gasteiger partial charge in [0.15, 0.2) is 0 Å². The van der Waals surface area contributed by atoms with Crippen molar-refractivity contribution in [2.75, 3.05) is 0 Å². The maximum atomic E-state index is 12.3. The first-order chi connectivity index (χ1) is 11.6. The summed E-state index contributed by atoms with van der Waals surface area (Å²) in [7, 11) is 0. The molecule has 2 aromatic rings. The van der Waals surface area contributed by atoms with Crippen molar-refractivity contribution in [3.05, 3.63) is 60.2 Å². The molecule has 24 heavy (non-hydrogen) atoms. The van der Waals surface area contributed by atoms with Gasteiger partial charge >= 0.3 is 0 Å². The first-order valence-electron chi connectivity index (χ1n) is 8.05. The zero-order valence-corrected chi connectivity index (χ0v) is 13.5. The van der Waals surface area contributed by atoms with Gasteiger partial charge in [-0.3, -0.25) is 9.59 Å². The number of carbonyl (C=O) groups excluding carboxylic acids is 2. The number of amides is 2. The monoisotopic (exact) mass is 324 g/mol. The van der Waals surface area contributed by atoms with Crippen LogP contribution in [-0.4, -0.2) is 17.9 Å². The molecule has 5 heteroatoms. The third-order valence-electron chi connectivity index (χ3n) is 4.03. The first kappa shape index (κ1) is 16.1. The standard InChI is InChI=1S/C19H20N2O3/c1-13(20-19(23)16-11-12-18(22)21-16)15-9-5-6-10-17(15)24-14-7-3-2-4-8-14/h2-10,13,16H,11-12H2,1H3,(H,20,23)(H,21,22)/t13-,16-/m0/s1. The second-order valence-corrected chi connectivity index (χ2v) is 5.84. The fourth-order valence-electron chi connectivity index (χ4n) is 2.75.